The van der Waals surface area contributed by atoms with Crippen molar-refractivity contribution in [3.63, 3.8) is 0 Å². The summed E-state index contributed by atoms with van der Waals surface area (Å²) in [6, 6.07) is 11.7. The third-order valence-corrected chi connectivity index (χ3v) is 6.46. The quantitative estimate of drug-likeness (QED) is 0.356. The van der Waals surface area contributed by atoms with Crippen LogP contribution in [0.1, 0.15) is 85.4 Å². The van der Waals surface area contributed by atoms with Gasteiger partial charge in [-0.15, -0.1) is 5.10 Å². The lowest BCUT2D eigenvalue weighted by Gasteiger charge is -2.32. The fraction of sp³-hybridized carbons (Fsp3) is 0.562. The van der Waals surface area contributed by atoms with Gasteiger partial charge in [-0.1, -0.05) is 44.2 Å². The van der Waals surface area contributed by atoms with E-state index >= 15 is 0 Å². The zero-order valence-corrected chi connectivity index (χ0v) is 27.0. The molecule has 1 fully saturated rings. The number of aliphatic hydroxyl groups excluding tert-OH is 1. The van der Waals surface area contributed by atoms with Crippen LogP contribution in [0.25, 0.3) is 5.65 Å². The second kappa shape index (κ2) is 14.1. The first kappa shape index (κ1) is 33.6. The number of hydrogen-bond donors (Lipinski definition) is 2. The number of aliphatic hydroxyl groups is 1. The fourth-order valence-electron chi connectivity index (χ4n) is 4.46. The monoisotopic (exact) mass is 596 g/mol. The van der Waals surface area contributed by atoms with Crippen molar-refractivity contribution in [1.29, 1.82) is 0 Å². The van der Waals surface area contributed by atoms with E-state index in [1.54, 1.807) is 21.4 Å². The Morgan fingerprint density at radius 2 is 1.74 bits per heavy atom. The van der Waals surface area contributed by atoms with Gasteiger partial charge in [0, 0.05) is 26.2 Å². The van der Waals surface area contributed by atoms with E-state index in [1.807, 2.05) is 84.1 Å². The number of likely N-dealkylation sites (tertiary alicyclic amines) is 1. The zero-order valence-electron chi connectivity index (χ0n) is 27.0. The van der Waals surface area contributed by atoms with Crippen LogP contribution >= 0.6 is 0 Å². The molecule has 11 nitrogen and oxygen atoms in total. The van der Waals surface area contributed by atoms with Crippen molar-refractivity contribution in [2.45, 2.75) is 98.0 Å². The molecule has 2 N–H and O–H groups in total. The van der Waals surface area contributed by atoms with Crippen LogP contribution in [0.3, 0.4) is 0 Å². The summed E-state index contributed by atoms with van der Waals surface area (Å²) in [6.45, 7) is 16.7. The summed E-state index contributed by atoms with van der Waals surface area (Å²) >= 11 is 0. The van der Waals surface area contributed by atoms with Crippen LogP contribution in [0.4, 0.5) is 21.1 Å². The van der Waals surface area contributed by atoms with E-state index < -0.39 is 23.4 Å². The number of imidazole rings is 1. The Labute approximate surface area is 255 Å². The number of rotatable bonds is 5. The molecular weight excluding hydrogens is 548 g/mol. The van der Waals surface area contributed by atoms with Crippen molar-refractivity contribution in [3.05, 3.63) is 53.9 Å². The minimum Gasteiger partial charge on any atom is -0.444 e. The van der Waals surface area contributed by atoms with Crippen LogP contribution in [0.5, 0.6) is 0 Å². The number of nitrogens with zero attached hydrogens (tertiary/aromatic N) is 5. The lowest BCUT2D eigenvalue weighted by atomic mass is 10.1. The predicted octanol–water partition coefficient (Wildman–Crippen LogP) is 6.21. The molecule has 0 spiro atoms. The number of hydrogen-bond acceptors (Lipinski definition) is 8. The molecule has 2 amide bonds. The number of piperidine rings is 1. The molecule has 1 saturated heterocycles. The number of aromatic nitrogens is 3. The summed E-state index contributed by atoms with van der Waals surface area (Å²) < 4.78 is 12.7. The van der Waals surface area contributed by atoms with E-state index in [0.29, 0.717) is 36.8 Å². The summed E-state index contributed by atoms with van der Waals surface area (Å²) in [5, 5.41) is 17.1. The van der Waals surface area contributed by atoms with Crippen LogP contribution in [0, 0.1) is 0 Å². The molecule has 1 unspecified atom stereocenters. The Balaban J connectivity index is 0.000000303. The molecule has 1 aromatic carbocycles. The van der Waals surface area contributed by atoms with E-state index in [2.05, 4.69) is 29.2 Å². The maximum atomic E-state index is 13.2. The number of nitrogens with one attached hydrogen (secondary N) is 1. The van der Waals surface area contributed by atoms with Crippen molar-refractivity contribution in [1.82, 2.24) is 19.5 Å². The van der Waals surface area contributed by atoms with Crippen LogP contribution < -0.4 is 10.2 Å². The molecule has 2 aromatic heterocycles. The van der Waals surface area contributed by atoms with Gasteiger partial charge >= 0.3 is 12.2 Å². The van der Waals surface area contributed by atoms with Crippen LogP contribution in [0.15, 0.2) is 42.6 Å². The standard InChI is InChI=1S/C22H29N5O2.C10H19NO3/c1-15(2)18-13-24-20-17(12-19(23-6)25-27(18)20)26(21(28)29-22(3,4)5)14-16-10-8-7-9-11-16;1-10(2,3)14-9(13)11-6-4-5-8(12)7-11/h7-13,15H,14H2,1-6H3,(H,23,25);8,12H,4-7H2,1-3H3. The lowest BCUT2D eigenvalue weighted by molar-refractivity contribution is 0.00390. The second-order valence-corrected chi connectivity index (χ2v) is 13.0. The Bertz CT molecular complexity index is 1360. The van der Waals surface area contributed by atoms with Crippen molar-refractivity contribution < 1.29 is 24.2 Å². The molecule has 1 aliphatic rings. The number of fused-ring (bicyclic) bond motifs is 1. The van der Waals surface area contributed by atoms with Gasteiger partial charge in [0.15, 0.2) is 5.65 Å². The third-order valence-electron chi connectivity index (χ3n) is 6.46. The predicted molar refractivity (Wildman–Crippen MR) is 169 cm³/mol. The zero-order chi connectivity index (χ0) is 31.9. The van der Waals surface area contributed by atoms with Crippen LogP contribution in [0.2, 0.25) is 0 Å². The molecule has 0 radical (unpaired) electrons. The molecule has 0 saturated carbocycles. The van der Waals surface area contributed by atoms with Crippen molar-refractivity contribution in [2.75, 3.05) is 30.4 Å². The number of amides is 2. The van der Waals surface area contributed by atoms with E-state index in [0.717, 1.165) is 24.1 Å². The number of benzene rings is 1. The molecule has 236 valence electrons. The fourth-order valence-corrected chi connectivity index (χ4v) is 4.46. The topological polar surface area (TPSA) is 122 Å². The van der Waals surface area contributed by atoms with Gasteiger partial charge in [0.25, 0.3) is 0 Å². The molecule has 4 rings (SSSR count). The van der Waals surface area contributed by atoms with Gasteiger partial charge < -0.3 is 24.8 Å². The average Bonchev–Trinajstić information content (AvgIpc) is 3.35. The third kappa shape index (κ3) is 9.84. The lowest BCUT2D eigenvalue weighted by Crippen LogP contribution is -2.44. The molecule has 11 heteroatoms. The van der Waals surface area contributed by atoms with Crippen LogP contribution in [-0.4, -0.2) is 74.2 Å². The Kier molecular flexibility index (Phi) is 11.0. The van der Waals surface area contributed by atoms with Gasteiger partial charge in [0.05, 0.1) is 30.2 Å². The van der Waals surface area contributed by atoms with Gasteiger partial charge in [-0.3, -0.25) is 4.90 Å². The van der Waals surface area contributed by atoms with E-state index in [9.17, 15) is 14.7 Å². The Morgan fingerprint density at radius 1 is 1.09 bits per heavy atom. The SMILES string of the molecule is CC(C)(C)OC(=O)N1CCCC(O)C1.CNc1cc(N(Cc2ccccc2)C(=O)OC(C)(C)C)c2ncc(C(C)C)n2n1. The molecular formula is C32H48N6O5. The van der Waals surface area contributed by atoms with Gasteiger partial charge in [-0.05, 0) is 65.9 Å². The molecule has 0 bridgehead atoms. The summed E-state index contributed by atoms with van der Waals surface area (Å²) in [5.74, 6) is 0.885. The molecule has 1 atom stereocenters. The summed E-state index contributed by atoms with van der Waals surface area (Å²) in [6.07, 6.45) is 2.30. The first-order valence-corrected chi connectivity index (χ1v) is 14.8. The second-order valence-electron chi connectivity index (χ2n) is 13.0. The minimum absolute atomic E-state index is 0.238. The molecule has 0 aliphatic carbocycles. The number of ether oxygens (including phenoxy) is 2. The number of carbonyl (C=O) groups excluding carboxylic acids is 2. The van der Waals surface area contributed by atoms with Crippen molar-refractivity contribution >= 4 is 29.3 Å². The number of carbonyl (C=O) groups is 2. The first-order chi connectivity index (χ1) is 20.1. The Morgan fingerprint density at radius 3 is 2.30 bits per heavy atom. The molecule has 3 heterocycles. The highest BCUT2D eigenvalue weighted by molar-refractivity contribution is 5.93. The van der Waals surface area contributed by atoms with Crippen LogP contribution in [-0.2, 0) is 16.0 Å². The summed E-state index contributed by atoms with van der Waals surface area (Å²) in [4.78, 5) is 32.5. The highest BCUT2D eigenvalue weighted by Crippen LogP contribution is 2.29. The van der Waals surface area contributed by atoms with Gasteiger partial charge in [0.1, 0.15) is 17.0 Å². The smallest absolute Gasteiger partial charge is 0.415 e. The largest absolute Gasteiger partial charge is 0.444 e. The summed E-state index contributed by atoms with van der Waals surface area (Å²) in [5.41, 5.74) is 2.17. The summed E-state index contributed by atoms with van der Waals surface area (Å²) in [7, 11) is 1.80. The average molecular weight is 597 g/mol. The van der Waals surface area contributed by atoms with Gasteiger partial charge in [-0.25, -0.2) is 19.1 Å². The highest BCUT2D eigenvalue weighted by atomic mass is 16.6. The molecule has 43 heavy (non-hydrogen) atoms. The van der Waals surface area contributed by atoms with Gasteiger partial charge in [0.2, 0.25) is 0 Å². The number of β-amino-alcohol motifs (C(OH)–C–C–N with tert-alkyl or cyclic N) is 1. The maximum absolute atomic E-state index is 13.2. The maximum Gasteiger partial charge on any atom is 0.415 e. The van der Waals surface area contributed by atoms with E-state index in [-0.39, 0.29) is 12.0 Å². The first-order valence-electron chi connectivity index (χ1n) is 14.8. The highest BCUT2D eigenvalue weighted by Gasteiger charge is 2.28. The van der Waals surface area contributed by atoms with E-state index in [4.69, 9.17) is 9.47 Å². The van der Waals surface area contributed by atoms with Crippen molar-refractivity contribution in [3.8, 4) is 0 Å². The molecule has 1 aliphatic heterocycles. The van der Waals surface area contributed by atoms with E-state index in [1.165, 1.54) is 0 Å². The number of anilines is 2. The minimum atomic E-state index is -0.611. The molecule has 3 aromatic rings. The van der Waals surface area contributed by atoms with Crippen molar-refractivity contribution in [2.24, 2.45) is 0 Å². The normalized spacial score (nSPS) is 15.5. The van der Waals surface area contributed by atoms with Gasteiger partial charge in [-0.2, -0.15) is 0 Å². The Hall–Kier alpha value is -3.86.